The zero-order valence-corrected chi connectivity index (χ0v) is 19.8. The lowest BCUT2D eigenvalue weighted by molar-refractivity contribution is 0.304. The van der Waals surface area contributed by atoms with E-state index >= 15 is 4.39 Å². The summed E-state index contributed by atoms with van der Waals surface area (Å²) in [5.74, 6) is -0.613. The van der Waals surface area contributed by atoms with Gasteiger partial charge in [-0.2, -0.15) is 0 Å². The maximum atomic E-state index is 15.1. The molecule has 0 radical (unpaired) electrons. The van der Waals surface area contributed by atoms with Crippen LogP contribution in [0.4, 0.5) is 13.2 Å². The van der Waals surface area contributed by atoms with Crippen molar-refractivity contribution in [2.75, 3.05) is 0 Å². The van der Waals surface area contributed by atoms with Gasteiger partial charge in [-0.1, -0.05) is 62.7 Å². The molecule has 1 atom stereocenters. The second-order valence-electron chi connectivity index (χ2n) is 9.99. The summed E-state index contributed by atoms with van der Waals surface area (Å²) in [6, 6.07) is 11.3. The van der Waals surface area contributed by atoms with Crippen molar-refractivity contribution in [3.05, 3.63) is 82.7 Å². The highest BCUT2D eigenvalue weighted by Gasteiger charge is 2.27. The molecule has 0 aliphatic heterocycles. The highest BCUT2D eigenvalue weighted by molar-refractivity contribution is 5.65. The number of rotatable bonds is 7. The van der Waals surface area contributed by atoms with Gasteiger partial charge in [0.1, 0.15) is 5.83 Å². The minimum atomic E-state index is -0.737. The van der Waals surface area contributed by atoms with E-state index in [9.17, 15) is 8.78 Å². The second-order valence-corrected chi connectivity index (χ2v) is 9.99. The van der Waals surface area contributed by atoms with E-state index in [1.165, 1.54) is 5.56 Å². The maximum Gasteiger partial charge on any atom is 0.166 e. The van der Waals surface area contributed by atoms with Gasteiger partial charge < -0.3 is 0 Å². The smallest absolute Gasteiger partial charge is 0.166 e. The standard InChI is InChI=1S/C30H35F3/c1-3-4-21-6-12-23(13-7-21)26-17-18-27(30(33)29(26)32)24-14-8-22(9-15-24)10-16-25-11-5-20(2)19-28(25)31/h6-7,11-13,17-20,22,24H,3-5,8-10,14-16H2,1-2H3. The average Bonchev–Trinajstić information content (AvgIpc) is 2.82. The lowest BCUT2D eigenvalue weighted by Crippen LogP contribution is -2.15. The molecule has 33 heavy (non-hydrogen) atoms. The highest BCUT2D eigenvalue weighted by atomic mass is 19.2. The van der Waals surface area contributed by atoms with E-state index in [0.717, 1.165) is 63.4 Å². The Hall–Kier alpha value is -2.29. The molecule has 0 saturated heterocycles. The summed E-state index contributed by atoms with van der Waals surface area (Å²) in [6.45, 7) is 4.16. The van der Waals surface area contributed by atoms with Gasteiger partial charge in [-0.05, 0) is 97.5 Å². The van der Waals surface area contributed by atoms with Crippen molar-refractivity contribution < 1.29 is 13.2 Å². The fraction of sp³-hybridized carbons (Fsp3) is 0.467. The molecule has 0 nitrogen and oxygen atoms in total. The molecule has 0 amide bonds. The Morgan fingerprint density at radius 1 is 0.848 bits per heavy atom. The summed E-state index contributed by atoms with van der Waals surface area (Å²) in [4.78, 5) is 0. The molecule has 176 valence electrons. The van der Waals surface area contributed by atoms with Crippen LogP contribution in [0, 0.1) is 23.5 Å². The van der Waals surface area contributed by atoms with Gasteiger partial charge >= 0.3 is 0 Å². The van der Waals surface area contributed by atoms with Gasteiger partial charge in [0.05, 0.1) is 0 Å². The van der Waals surface area contributed by atoms with Gasteiger partial charge in [-0.25, -0.2) is 13.2 Å². The Labute approximate surface area is 196 Å². The molecule has 2 aromatic rings. The van der Waals surface area contributed by atoms with Crippen LogP contribution in [0.5, 0.6) is 0 Å². The number of halogens is 3. The molecule has 0 spiro atoms. The summed E-state index contributed by atoms with van der Waals surface area (Å²) in [7, 11) is 0. The molecule has 0 aromatic heterocycles. The summed E-state index contributed by atoms with van der Waals surface area (Å²) in [5.41, 5.74) is 3.62. The van der Waals surface area contributed by atoms with Crippen molar-refractivity contribution in [3.8, 4) is 11.1 Å². The van der Waals surface area contributed by atoms with Crippen LogP contribution in [0.25, 0.3) is 11.1 Å². The van der Waals surface area contributed by atoms with E-state index in [0.29, 0.717) is 22.6 Å². The van der Waals surface area contributed by atoms with E-state index in [-0.39, 0.29) is 17.7 Å². The van der Waals surface area contributed by atoms with Crippen molar-refractivity contribution >= 4 is 0 Å². The third-order valence-corrected chi connectivity index (χ3v) is 7.50. The van der Waals surface area contributed by atoms with E-state index in [1.807, 2.05) is 37.3 Å². The first kappa shape index (κ1) is 23.9. The monoisotopic (exact) mass is 452 g/mol. The van der Waals surface area contributed by atoms with Crippen molar-refractivity contribution in [1.29, 1.82) is 0 Å². The van der Waals surface area contributed by atoms with E-state index in [4.69, 9.17) is 0 Å². The lowest BCUT2D eigenvalue weighted by Gasteiger charge is -2.29. The number of benzene rings is 2. The minimum absolute atomic E-state index is 0.0555. The normalized spacial score (nSPS) is 23.2. The zero-order chi connectivity index (χ0) is 23.4. The number of aryl methyl sites for hydroxylation is 1. The number of hydrogen-bond acceptors (Lipinski definition) is 0. The minimum Gasteiger partial charge on any atom is -0.207 e. The molecular formula is C30H35F3. The van der Waals surface area contributed by atoms with Gasteiger partial charge in [0.2, 0.25) is 0 Å². The first-order chi connectivity index (χ1) is 16.0. The van der Waals surface area contributed by atoms with Gasteiger partial charge in [-0.15, -0.1) is 0 Å². The average molecular weight is 453 g/mol. The molecular weight excluding hydrogens is 417 g/mol. The van der Waals surface area contributed by atoms with Crippen LogP contribution in [-0.2, 0) is 6.42 Å². The number of hydrogen-bond donors (Lipinski definition) is 0. The van der Waals surface area contributed by atoms with Crippen molar-refractivity contribution in [2.45, 2.75) is 77.6 Å². The third kappa shape index (κ3) is 5.62. The van der Waals surface area contributed by atoms with Crippen LogP contribution in [0.3, 0.4) is 0 Å². The topological polar surface area (TPSA) is 0 Å². The highest BCUT2D eigenvalue weighted by Crippen LogP contribution is 2.41. The van der Waals surface area contributed by atoms with Gasteiger partial charge in [0.15, 0.2) is 11.6 Å². The zero-order valence-electron chi connectivity index (χ0n) is 19.8. The Bertz CT molecular complexity index is 1010. The Kier molecular flexibility index (Phi) is 7.78. The van der Waals surface area contributed by atoms with E-state index in [1.54, 1.807) is 18.2 Å². The molecule has 0 bridgehead atoms. The van der Waals surface area contributed by atoms with E-state index < -0.39 is 11.6 Å². The van der Waals surface area contributed by atoms with Gasteiger partial charge in [0.25, 0.3) is 0 Å². The molecule has 3 heteroatoms. The van der Waals surface area contributed by atoms with Crippen LogP contribution >= 0.6 is 0 Å². The predicted molar refractivity (Wildman–Crippen MR) is 131 cm³/mol. The van der Waals surface area contributed by atoms with Crippen LogP contribution in [0.1, 0.15) is 82.3 Å². The maximum absolute atomic E-state index is 15.1. The molecule has 2 aliphatic rings. The quantitative estimate of drug-likeness (QED) is 0.392. The van der Waals surface area contributed by atoms with E-state index in [2.05, 4.69) is 6.92 Å². The largest absolute Gasteiger partial charge is 0.207 e. The molecule has 2 aromatic carbocycles. The van der Waals surface area contributed by atoms with Gasteiger partial charge in [-0.3, -0.25) is 0 Å². The molecule has 1 saturated carbocycles. The van der Waals surface area contributed by atoms with Crippen molar-refractivity contribution in [3.63, 3.8) is 0 Å². The SMILES string of the molecule is CCCc1ccc(-c2ccc(C3CCC(CCC4=CCC(C)C=C4F)CC3)c(F)c2F)cc1. The Morgan fingerprint density at radius 2 is 1.58 bits per heavy atom. The molecule has 0 heterocycles. The van der Waals surface area contributed by atoms with Crippen LogP contribution in [0.15, 0.2) is 60.0 Å². The molecule has 1 fully saturated rings. The van der Waals surface area contributed by atoms with Crippen LogP contribution < -0.4 is 0 Å². The number of allylic oxidation sites excluding steroid dienone is 4. The first-order valence-electron chi connectivity index (χ1n) is 12.6. The summed E-state index contributed by atoms with van der Waals surface area (Å²) >= 11 is 0. The first-order valence-corrected chi connectivity index (χ1v) is 12.6. The second kappa shape index (κ2) is 10.8. The van der Waals surface area contributed by atoms with Crippen LogP contribution in [0.2, 0.25) is 0 Å². The molecule has 0 N–H and O–H groups in total. The fourth-order valence-electron chi connectivity index (χ4n) is 5.44. The van der Waals surface area contributed by atoms with Gasteiger partial charge in [0, 0.05) is 5.56 Å². The Morgan fingerprint density at radius 3 is 2.24 bits per heavy atom. The van der Waals surface area contributed by atoms with Crippen molar-refractivity contribution in [1.82, 2.24) is 0 Å². The molecule has 1 unspecified atom stereocenters. The summed E-state index contributed by atoms with van der Waals surface area (Å²) in [5, 5.41) is 0. The third-order valence-electron chi connectivity index (χ3n) is 7.50. The van der Waals surface area contributed by atoms with Crippen molar-refractivity contribution in [2.24, 2.45) is 11.8 Å². The predicted octanol–water partition coefficient (Wildman–Crippen LogP) is 9.46. The fourth-order valence-corrected chi connectivity index (χ4v) is 5.44. The Balaban J connectivity index is 1.36. The van der Waals surface area contributed by atoms with Crippen LogP contribution in [-0.4, -0.2) is 0 Å². The summed E-state index contributed by atoms with van der Waals surface area (Å²) < 4.78 is 44.2. The summed E-state index contributed by atoms with van der Waals surface area (Å²) in [6.07, 6.45) is 12.2. The molecule has 2 aliphatic carbocycles. The lowest BCUT2D eigenvalue weighted by atomic mass is 9.76. The molecule has 4 rings (SSSR count).